The summed E-state index contributed by atoms with van der Waals surface area (Å²) in [6.45, 7) is 1.58. The van der Waals surface area contributed by atoms with Crippen molar-refractivity contribution in [3.63, 3.8) is 0 Å². The lowest BCUT2D eigenvalue weighted by Crippen LogP contribution is -2.58. The van der Waals surface area contributed by atoms with Gasteiger partial charge in [0.25, 0.3) is 5.91 Å². The van der Waals surface area contributed by atoms with Crippen molar-refractivity contribution in [3.8, 4) is 0 Å². The average Bonchev–Trinajstić information content (AvgIpc) is 3.10. The molecule has 0 radical (unpaired) electrons. The molecule has 2 aliphatic carbocycles. The van der Waals surface area contributed by atoms with Crippen molar-refractivity contribution in [2.75, 3.05) is 10.5 Å². The first-order valence-electron chi connectivity index (χ1n) is 9.14. The predicted octanol–water partition coefficient (Wildman–Crippen LogP) is 2.24. The molecular formula is C18H27N3O3S. The number of carbonyl (C=O) groups is 1. The Morgan fingerprint density at radius 1 is 1.04 bits per heavy atom. The van der Waals surface area contributed by atoms with E-state index >= 15 is 0 Å². The fourth-order valence-corrected chi connectivity index (χ4v) is 4.10. The number of rotatable bonds is 7. The lowest BCUT2D eigenvalue weighted by atomic mass is 9.85. The molecule has 0 unspecified atom stereocenters. The van der Waals surface area contributed by atoms with Crippen LogP contribution in [0.3, 0.4) is 0 Å². The monoisotopic (exact) mass is 365 g/mol. The second-order valence-corrected chi connectivity index (χ2v) is 9.01. The highest BCUT2D eigenvalue weighted by Crippen LogP contribution is 2.25. The first-order chi connectivity index (χ1) is 12.0. The molecule has 0 aliphatic heterocycles. The standard InChI is InChI=1S/C18H27N3O3S/c1-2-25(23,24)21-15-9-7-13(8-10-15)18(22)20-17-12-11-16(17)19-14-5-3-4-6-14/h7-10,14,16-17,19,21H,2-6,11-12H2,1H3,(H,20,22)/t16-,17+/m1/s1. The van der Waals surface area contributed by atoms with Crippen LogP contribution in [0, 0.1) is 0 Å². The van der Waals surface area contributed by atoms with Crippen LogP contribution in [0.2, 0.25) is 0 Å². The zero-order valence-electron chi connectivity index (χ0n) is 14.6. The number of benzene rings is 1. The van der Waals surface area contributed by atoms with Crippen molar-refractivity contribution < 1.29 is 13.2 Å². The minimum atomic E-state index is -3.30. The van der Waals surface area contributed by atoms with Gasteiger partial charge >= 0.3 is 0 Å². The van der Waals surface area contributed by atoms with Gasteiger partial charge in [0.1, 0.15) is 0 Å². The second kappa shape index (κ2) is 7.74. The van der Waals surface area contributed by atoms with Crippen LogP contribution in [0.15, 0.2) is 24.3 Å². The van der Waals surface area contributed by atoms with E-state index in [1.165, 1.54) is 25.7 Å². The SMILES string of the molecule is CCS(=O)(=O)Nc1ccc(C(=O)N[C@H]2CC[C@H]2NC2CCCC2)cc1. The van der Waals surface area contributed by atoms with E-state index in [0.29, 0.717) is 23.3 Å². The Bertz CT molecular complexity index is 697. The van der Waals surface area contributed by atoms with Crippen LogP contribution in [0.25, 0.3) is 0 Å². The van der Waals surface area contributed by atoms with Gasteiger partial charge in [-0.3, -0.25) is 9.52 Å². The molecule has 0 saturated heterocycles. The number of anilines is 1. The van der Waals surface area contributed by atoms with Crippen LogP contribution in [-0.4, -0.2) is 38.2 Å². The predicted molar refractivity (Wildman–Crippen MR) is 99.2 cm³/mol. The molecule has 7 heteroatoms. The lowest BCUT2D eigenvalue weighted by Gasteiger charge is -2.39. The molecule has 2 aliphatic rings. The van der Waals surface area contributed by atoms with E-state index in [2.05, 4.69) is 15.4 Å². The maximum atomic E-state index is 12.4. The Morgan fingerprint density at radius 2 is 1.68 bits per heavy atom. The number of hydrogen-bond acceptors (Lipinski definition) is 4. The third-order valence-corrected chi connectivity index (χ3v) is 6.50. The van der Waals surface area contributed by atoms with E-state index in [1.807, 2.05) is 0 Å². The molecule has 1 aromatic rings. The topological polar surface area (TPSA) is 87.3 Å². The Morgan fingerprint density at radius 3 is 2.24 bits per heavy atom. The fraction of sp³-hybridized carbons (Fsp3) is 0.611. The van der Waals surface area contributed by atoms with Crippen LogP contribution in [0.5, 0.6) is 0 Å². The van der Waals surface area contributed by atoms with E-state index in [0.717, 1.165) is 12.8 Å². The summed E-state index contributed by atoms with van der Waals surface area (Å²) >= 11 is 0. The summed E-state index contributed by atoms with van der Waals surface area (Å²) in [5.41, 5.74) is 1.02. The quantitative estimate of drug-likeness (QED) is 0.691. The van der Waals surface area contributed by atoms with Gasteiger partial charge in [-0.2, -0.15) is 0 Å². The summed E-state index contributed by atoms with van der Waals surface area (Å²) in [5.74, 6) is -0.0837. The summed E-state index contributed by atoms with van der Waals surface area (Å²) in [4.78, 5) is 12.4. The highest BCUT2D eigenvalue weighted by atomic mass is 32.2. The van der Waals surface area contributed by atoms with Crippen LogP contribution < -0.4 is 15.4 Å². The zero-order chi connectivity index (χ0) is 17.9. The van der Waals surface area contributed by atoms with Crippen LogP contribution in [0.4, 0.5) is 5.69 Å². The van der Waals surface area contributed by atoms with Gasteiger partial charge < -0.3 is 10.6 Å². The molecule has 2 fully saturated rings. The summed E-state index contributed by atoms with van der Waals surface area (Å²) in [6, 6.07) is 7.72. The number of sulfonamides is 1. The summed E-state index contributed by atoms with van der Waals surface area (Å²) < 4.78 is 25.6. The normalized spacial score (nSPS) is 23.9. The highest BCUT2D eigenvalue weighted by molar-refractivity contribution is 7.92. The maximum Gasteiger partial charge on any atom is 0.251 e. The Hall–Kier alpha value is -1.60. The molecule has 3 rings (SSSR count). The molecule has 1 aromatic carbocycles. The van der Waals surface area contributed by atoms with E-state index in [-0.39, 0.29) is 17.7 Å². The molecule has 2 saturated carbocycles. The van der Waals surface area contributed by atoms with Crippen LogP contribution >= 0.6 is 0 Å². The van der Waals surface area contributed by atoms with Gasteiger partial charge in [0, 0.05) is 29.4 Å². The summed E-state index contributed by atoms with van der Waals surface area (Å²) in [7, 11) is -3.30. The molecule has 25 heavy (non-hydrogen) atoms. The smallest absolute Gasteiger partial charge is 0.251 e. The molecule has 1 amide bonds. The Balaban J connectivity index is 1.52. The van der Waals surface area contributed by atoms with Crippen molar-refractivity contribution in [2.24, 2.45) is 0 Å². The first kappa shape index (κ1) is 18.2. The maximum absolute atomic E-state index is 12.4. The number of hydrogen-bond donors (Lipinski definition) is 3. The zero-order valence-corrected chi connectivity index (χ0v) is 15.4. The molecule has 138 valence electrons. The number of amides is 1. The molecule has 2 atom stereocenters. The van der Waals surface area contributed by atoms with E-state index in [4.69, 9.17) is 0 Å². The van der Waals surface area contributed by atoms with Crippen molar-refractivity contribution in [1.82, 2.24) is 10.6 Å². The molecule has 0 aromatic heterocycles. The van der Waals surface area contributed by atoms with Crippen LogP contribution in [0.1, 0.15) is 55.8 Å². The number of nitrogens with one attached hydrogen (secondary N) is 3. The molecule has 0 heterocycles. The van der Waals surface area contributed by atoms with Gasteiger partial charge in [-0.25, -0.2) is 8.42 Å². The lowest BCUT2D eigenvalue weighted by molar-refractivity contribution is 0.0889. The molecule has 0 bridgehead atoms. The first-order valence-corrected chi connectivity index (χ1v) is 10.8. The largest absolute Gasteiger partial charge is 0.348 e. The van der Waals surface area contributed by atoms with Gasteiger partial charge in [-0.15, -0.1) is 0 Å². The van der Waals surface area contributed by atoms with Gasteiger partial charge in [0.2, 0.25) is 10.0 Å². The summed E-state index contributed by atoms with van der Waals surface area (Å²) in [6.07, 6.45) is 7.20. The third-order valence-electron chi connectivity index (χ3n) is 5.20. The molecule has 0 spiro atoms. The van der Waals surface area contributed by atoms with Crippen molar-refractivity contribution in [3.05, 3.63) is 29.8 Å². The van der Waals surface area contributed by atoms with Gasteiger partial charge in [0.15, 0.2) is 0 Å². The van der Waals surface area contributed by atoms with Crippen molar-refractivity contribution in [1.29, 1.82) is 0 Å². The molecule has 6 nitrogen and oxygen atoms in total. The highest BCUT2D eigenvalue weighted by Gasteiger charge is 2.34. The minimum absolute atomic E-state index is 0.0201. The Labute approximate surface area is 149 Å². The van der Waals surface area contributed by atoms with Gasteiger partial charge in [-0.1, -0.05) is 12.8 Å². The molecular weight excluding hydrogens is 338 g/mol. The number of carbonyl (C=O) groups excluding carboxylic acids is 1. The van der Waals surface area contributed by atoms with E-state index in [9.17, 15) is 13.2 Å². The summed E-state index contributed by atoms with van der Waals surface area (Å²) in [5, 5.41) is 6.77. The van der Waals surface area contributed by atoms with Crippen molar-refractivity contribution in [2.45, 2.75) is 63.6 Å². The average molecular weight is 365 g/mol. The van der Waals surface area contributed by atoms with Crippen molar-refractivity contribution >= 4 is 21.6 Å². The fourth-order valence-electron chi connectivity index (χ4n) is 3.46. The van der Waals surface area contributed by atoms with Crippen LogP contribution in [-0.2, 0) is 10.0 Å². The minimum Gasteiger partial charge on any atom is -0.348 e. The Kier molecular flexibility index (Phi) is 5.64. The van der Waals surface area contributed by atoms with Gasteiger partial charge in [-0.05, 0) is 56.9 Å². The molecule has 3 N–H and O–H groups in total. The third kappa shape index (κ3) is 4.73. The second-order valence-electron chi connectivity index (χ2n) is 6.99. The van der Waals surface area contributed by atoms with E-state index < -0.39 is 10.0 Å². The van der Waals surface area contributed by atoms with E-state index in [1.54, 1.807) is 31.2 Å². The van der Waals surface area contributed by atoms with Gasteiger partial charge in [0.05, 0.1) is 5.75 Å².